The minimum Gasteiger partial charge on any atom is -0.352 e. The topological polar surface area (TPSA) is 67.8 Å². The van der Waals surface area contributed by atoms with Crippen molar-refractivity contribution < 1.29 is 19.4 Å². The van der Waals surface area contributed by atoms with Gasteiger partial charge in [-0.2, -0.15) is 0 Å². The Morgan fingerprint density at radius 2 is 2.06 bits per heavy atom. The van der Waals surface area contributed by atoms with Crippen LogP contribution in [0.5, 0.6) is 0 Å². The summed E-state index contributed by atoms with van der Waals surface area (Å²) in [6.45, 7) is 0.619. The smallest absolute Gasteiger partial charge is 0.251 e. The molecule has 1 amide bonds. The van der Waals surface area contributed by atoms with Crippen molar-refractivity contribution in [3.8, 4) is 0 Å². The molecule has 17 heavy (non-hydrogen) atoms. The summed E-state index contributed by atoms with van der Waals surface area (Å²) in [5.41, 5.74) is 0.666. The van der Waals surface area contributed by atoms with Crippen LogP contribution >= 0.6 is 12.0 Å². The van der Waals surface area contributed by atoms with Gasteiger partial charge >= 0.3 is 0 Å². The summed E-state index contributed by atoms with van der Waals surface area (Å²) < 4.78 is 4.22. The van der Waals surface area contributed by atoms with Gasteiger partial charge in [0.2, 0.25) is 0 Å². The van der Waals surface area contributed by atoms with Crippen molar-refractivity contribution in [1.82, 2.24) is 5.32 Å². The molecule has 0 aliphatic carbocycles. The third-order valence-corrected chi connectivity index (χ3v) is 2.67. The number of carbonyl (C=O) groups excluding carboxylic acids is 1. The number of unbranched alkanes of at least 4 members (excludes halogenated alkanes) is 1. The first-order valence-electron chi connectivity index (χ1n) is 5.27. The number of rotatable bonds is 8. The van der Waals surface area contributed by atoms with Crippen LogP contribution in [0.25, 0.3) is 0 Å². The normalized spacial score (nSPS) is 10.2. The summed E-state index contributed by atoms with van der Waals surface area (Å²) >= 11 is 1.02. The molecule has 0 aliphatic heterocycles. The van der Waals surface area contributed by atoms with E-state index < -0.39 is 0 Å². The minimum atomic E-state index is -0.0619. The molecule has 0 aromatic heterocycles. The third-order valence-electron chi connectivity index (χ3n) is 2.05. The van der Waals surface area contributed by atoms with E-state index in [4.69, 9.17) is 5.26 Å². The van der Waals surface area contributed by atoms with Crippen LogP contribution in [0.1, 0.15) is 23.2 Å². The van der Waals surface area contributed by atoms with E-state index in [9.17, 15) is 4.79 Å². The van der Waals surface area contributed by atoms with Crippen LogP contribution in [0.2, 0.25) is 0 Å². The number of nitrogens with one attached hydrogen (secondary N) is 1. The standard InChI is InChI=1S/C11H15NO4S/c13-11(10-6-2-1-3-7-10)12-8-4-5-9-17-16-15-14/h1-3,6-7,14H,4-5,8-9H2,(H,12,13). The Hall–Kier alpha value is -1.08. The van der Waals surface area contributed by atoms with E-state index in [0.29, 0.717) is 17.9 Å². The monoisotopic (exact) mass is 257 g/mol. The van der Waals surface area contributed by atoms with Gasteiger partial charge in [-0.25, -0.2) is 5.26 Å². The molecule has 5 nitrogen and oxygen atoms in total. The summed E-state index contributed by atoms with van der Waals surface area (Å²) in [6.07, 6.45) is 1.71. The molecule has 0 atom stereocenters. The molecule has 0 fully saturated rings. The first kappa shape index (κ1) is 14.0. The maximum absolute atomic E-state index is 11.6. The summed E-state index contributed by atoms with van der Waals surface area (Å²) in [5, 5.41) is 14.1. The van der Waals surface area contributed by atoms with Gasteiger partial charge in [0.25, 0.3) is 5.91 Å². The highest BCUT2D eigenvalue weighted by Gasteiger charge is 2.02. The predicted molar refractivity (Wildman–Crippen MR) is 65.3 cm³/mol. The predicted octanol–water partition coefficient (Wildman–Crippen LogP) is 2.27. The van der Waals surface area contributed by atoms with Gasteiger partial charge in [0, 0.05) is 29.9 Å². The van der Waals surface area contributed by atoms with Gasteiger partial charge in [-0.15, -0.1) is 4.33 Å². The van der Waals surface area contributed by atoms with Crippen LogP contribution in [-0.2, 0) is 9.37 Å². The van der Waals surface area contributed by atoms with Crippen molar-refractivity contribution in [3.63, 3.8) is 0 Å². The Bertz CT molecular complexity index is 321. The van der Waals surface area contributed by atoms with E-state index >= 15 is 0 Å². The van der Waals surface area contributed by atoms with Crippen molar-refractivity contribution in [2.24, 2.45) is 0 Å². The lowest BCUT2D eigenvalue weighted by Crippen LogP contribution is -2.24. The van der Waals surface area contributed by atoms with Crippen molar-refractivity contribution in [2.75, 3.05) is 12.3 Å². The van der Waals surface area contributed by atoms with Gasteiger partial charge in [0.1, 0.15) is 0 Å². The highest BCUT2D eigenvalue weighted by atomic mass is 32.2. The lowest BCUT2D eigenvalue weighted by Gasteiger charge is -2.04. The Labute approximate surface area is 104 Å². The highest BCUT2D eigenvalue weighted by molar-refractivity contribution is 7.94. The summed E-state index contributed by atoms with van der Waals surface area (Å²) in [4.78, 5) is 11.6. The van der Waals surface area contributed by atoms with Crippen LogP contribution < -0.4 is 5.32 Å². The molecule has 0 saturated carbocycles. The van der Waals surface area contributed by atoms with Crippen molar-refractivity contribution in [1.29, 1.82) is 0 Å². The zero-order valence-corrected chi connectivity index (χ0v) is 10.1. The van der Waals surface area contributed by atoms with Gasteiger partial charge in [-0.3, -0.25) is 4.79 Å². The Balaban J connectivity index is 2.05. The van der Waals surface area contributed by atoms with Crippen molar-refractivity contribution in [2.45, 2.75) is 12.8 Å². The summed E-state index contributed by atoms with van der Waals surface area (Å²) in [5.74, 6) is 0.634. The molecule has 2 N–H and O–H groups in total. The molecule has 1 rings (SSSR count). The van der Waals surface area contributed by atoms with Crippen molar-refractivity contribution >= 4 is 17.9 Å². The quantitative estimate of drug-likeness (QED) is 0.323. The van der Waals surface area contributed by atoms with Gasteiger partial charge in [-0.05, 0) is 25.0 Å². The molecule has 6 heteroatoms. The van der Waals surface area contributed by atoms with Crippen LogP contribution in [-0.4, -0.2) is 23.5 Å². The average Bonchev–Trinajstić information content (AvgIpc) is 2.38. The molecular weight excluding hydrogens is 242 g/mol. The SMILES string of the molecule is O=C(NCCCCSOOO)c1ccccc1. The molecule has 0 radical (unpaired) electrons. The molecule has 0 heterocycles. The molecule has 0 aliphatic rings. The molecular formula is C11H15NO4S. The zero-order chi connectivity index (χ0) is 12.3. The van der Waals surface area contributed by atoms with E-state index in [1.807, 2.05) is 18.2 Å². The maximum atomic E-state index is 11.6. The second-order valence-electron chi connectivity index (χ2n) is 3.29. The molecule has 94 valence electrons. The average molecular weight is 257 g/mol. The lowest BCUT2D eigenvalue weighted by atomic mass is 10.2. The summed E-state index contributed by atoms with van der Waals surface area (Å²) in [6, 6.07) is 9.09. The van der Waals surface area contributed by atoms with E-state index in [1.165, 1.54) is 0 Å². The Kier molecular flexibility index (Phi) is 7.40. The number of hydrogen-bond donors (Lipinski definition) is 2. The van der Waals surface area contributed by atoms with Crippen LogP contribution in [0.3, 0.4) is 0 Å². The third kappa shape index (κ3) is 6.28. The number of amides is 1. The first-order valence-corrected chi connectivity index (χ1v) is 6.18. The molecule has 0 saturated heterocycles. The van der Waals surface area contributed by atoms with Crippen LogP contribution in [0.15, 0.2) is 30.3 Å². The molecule has 1 aromatic rings. The Morgan fingerprint density at radius 3 is 2.76 bits per heavy atom. The summed E-state index contributed by atoms with van der Waals surface area (Å²) in [7, 11) is 0. The Morgan fingerprint density at radius 1 is 1.29 bits per heavy atom. The van der Waals surface area contributed by atoms with E-state index in [1.54, 1.807) is 12.1 Å². The largest absolute Gasteiger partial charge is 0.352 e. The zero-order valence-electron chi connectivity index (χ0n) is 9.30. The fraction of sp³-hybridized carbons (Fsp3) is 0.364. The van der Waals surface area contributed by atoms with Gasteiger partial charge in [0.15, 0.2) is 0 Å². The molecule has 0 bridgehead atoms. The first-order chi connectivity index (χ1) is 8.34. The highest BCUT2D eigenvalue weighted by Crippen LogP contribution is 2.05. The minimum absolute atomic E-state index is 0.0619. The lowest BCUT2D eigenvalue weighted by molar-refractivity contribution is -0.432. The second-order valence-corrected chi connectivity index (χ2v) is 4.07. The fourth-order valence-corrected chi connectivity index (χ4v) is 1.67. The fourth-order valence-electron chi connectivity index (χ4n) is 1.24. The maximum Gasteiger partial charge on any atom is 0.251 e. The van der Waals surface area contributed by atoms with Gasteiger partial charge in [-0.1, -0.05) is 23.2 Å². The second kappa shape index (κ2) is 9.00. The van der Waals surface area contributed by atoms with Crippen LogP contribution in [0, 0.1) is 0 Å². The van der Waals surface area contributed by atoms with Crippen molar-refractivity contribution in [3.05, 3.63) is 35.9 Å². The molecule has 0 unspecified atom stereocenters. The van der Waals surface area contributed by atoms with Crippen LogP contribution in [0.4, 0.5) is 0 Å². The molecule has 1 aromatic carbocycles. The number of benzene rings is 1. The molecule has 0 spiro atoms. The number of carbonyl (C=O) groups is 1. The van der Waals surface area contributed by atoms with Gasteiger partial charge < -0.3 is 5.32 Å². The number of hydrogen-bond acceptors (Lipinski definition) is 5. The van der Waals surface area contributed by atoms with Gasteiger partial charge in [0.05, 0.1) is 0 Å². The van der Waals surface area contributed by atoms with E-state index in [0.717, 1.165) is 24.9 Å². The van der Waals surface area contributed by atoms with E-state index in [-0.39, 0.29) is 5.91 Å². The van der Waals surface area contributed by atoms with E-state index in [2.05, 4.69) is 14.7 Å².